The van der Waals surface area contributed by atoms with E-state index in [2.05, 4.69) is 5.32 Å². The number of anilines is 2. The molecule has 5 heteroatoms. The third kappa shape index (κ3) is 5.59. The van der Waals surface area contributed by atoms with Gasteiger partial charge in [0.2, 0.25) is 5.91 Å². The Bertz CT molecular complexity index is 458. The molecule has 0 bridgehead atoms. The summed E-state index contributed by atoms with van der Waals surface area (Å²) in [5.74, 6) is -0.212. The zero-order valence-electron chi connectivity index (χ0n) is 12.7. The Balaban J connectivity index is 2.34. The number of nitrogens with two attached hydrogens (primary N) is 1. The zero-order chi connectivity index (χ0) is 15.2. The first-order valence-electron chi connectivity index (χ1n) is 6.63. The van der Waals surface area contributed by atoms with Gasteiger partial charge in [0.05, 0.1) is 17.0 Å². The van der Waals surface area contributed by atoms with Crippen molar-refractivity contribution >= 4 is 17.3 Å². The highest BCUT2D eigenvalue weighted by molar-refractivity contribution is 5.94. The standard InChI is InChI=1S/C15H24N2O3/c1-11-5-6-13(12(16)9-11)17-14(18)10-20-8-7-15(2,3)19-4/h5-6,9H,7-8,10,16H2,1-4H3,(H,17,18). The second-order valence-electron chi connectivity index (χ2n) is 5.41. The normalized spacial score (nSPS) is 11.4. The molecular formula is C15H24N2O3. The second kappa shape index (κ2) is 7.26. The predicted octanol–water partition coefficient (Wildman–Crippen LogP) is 2.35. The predicted molar refractivity (Wildman–Crippen MR) is 80.7 cm³/mol. The molecule has 0 aliphatic carbocycles. The van der Waals surface area contributed by atoms with Crippen LogP contribution in [0, 0.1) is 6.92 Å². The number of rotatable bonds is 7. The van der Waals surface area contributed by atoms with Gasteiger partial charge < -0.3 is 20.5 Å². The molecule has 1 amide bonds. The van der Waals surface area contributed by atoms with Crippen LogP contribution in [-0.2, 0) is 14.3 Å². The highest BCUT2D eigenvalue weighted by Gasteiger charge is 2.16. The smallest absolute Gasteiger partial charge is 0.250 e. The van der Waals surface area contributed by atoms with Crippen LogP contribution in [0.3, 0.4) is 0 Å². The summed E-state index contributed by atoms with van der Waals surface area (Å²) >= 11 is 0. The van der Waals surface area contributed by atoms with Crippen LogP contribution in [0.15, 0.2) is 18.2 Å². The quantitative estimate of drug-likeness (QED) is 0.594. The lowest BCUT2D eigenvalue weighted by atomic mass is 10.1. The number of ether oxygens (including phenoxy) is 2. The monoisotopic (exact) mass is 280 g/mol. The molecule has 0 aliphatic heterocycles. The van der Waals surface area contributed by atoms with Gasteiger partial charge in [-0.2, -0.15) is 0 Å². The van der Waals surface area contributed by atoms with Crippen molar-refractivity contribution < 1.29 is 14.3 Å². The minimum Gasteiger partial charge on any atom is -0.397 e. The van der Waals surface area contributed by atoms with E-state index in [9.17, 15) is 4.79 Å². The van der Waals surface area contributed by atoms with E-state index in [0.717, 1.165) is 12.0 Å². The van der Waals surface area contributed by atoms with Crippen molar-refractivity contribution in [3.8, 4) is 0 Å². The van der Waals surface area contributed by atoms with E-state index in [1.165, 1.54) is 0 Å². The van der Waals surface area contributed by atoms with Crippen molar-refractivity contribution in [1.29, 1.82) is 0 Å². The van der Waals surface area contributed by atoms with Crippen molar-refractivity contribution in [1.82, 2.24) is 0 Å². The summed E-state index contributed by atoms with van der Waals surface area (Å²) in [5.41, 5.74) is 7.81. The Kier molecular flexibility index (Phi) is 5.98. The summed E-state index contributed by atoms with van der Waals surface area (Å²) in [5, 5.41) is 2.73. The van der Waals surface area contributed by atoms with E-state index in [4.69, 9.17) is 15.2 Å². The lowest BCUT2D eigenvalue weighted by Crippen LogP contribution is -2.26. The number of nitrogen functional groups attached to an aromatic ring is 1. The fraction of sp³-hybridized carbons (Fsp3) is 0.533. The molecule has 112 valence electrons. The Hall–Kier alpha value is -1.59. The van der Waals surface area contributed by atoms with Crippen LogP contribution < -0.4 is 11.1 Å². The molecule has 0 heterocycles. The minimum absolute atomic E-state index is 0.00705. The molecule has 1 rings (SSSR count). The van der Waals surface area contributed by atoms with Crippen LogP contribution in [0.5, 0.6) is 0 Å². The SMILES string of the molecule is COC(C)(C)CCOCC(=O)Nc1ccc(C)cc1N. The fourth-order valence-corrected chi connectivity index (χ4v) is 1.57. The highest BCUT2D eigenvalue weighted by Crippen LogP contribution is 2.19. The molecule has 0 aliphatic rings. The van der Waals surface area contributed by atoms with Gasteiger partial charge >= 0.3 is 0 Å². The summed E-state index contributed by atoms with van der Waals surface area (Å²) < 4.78 is 10.6. The molecule has 0 radical (unpaired) electrons. The Morgan fingerprint density at radius 3 is 2.70 bits per heavy atom. The molecule has 0 atom stereocenters. The third-order valence-electron chi connectivity index (χ3n) is 3.12. The first-order chi connectivity index (χ1) is 9.34. The van der Waals surface area contributed by atoms with Gasteiger partial charge in [0.25, 0.3) is 0 Å². The number of carbonyl (C=O) groups excluding carboxylic acids is 1. The number of hydrogen-bond acceptors (Lipinski definition) is 4. The van der Waals surface area contributed by atoms with E-state index in [1.807, 2.05) is 32.9 Å². The van der Waals surface area contributed by atoms with Crippen LogP contribution in [0.1, 0.15) is 25.8 Å². The molecule has 1 aromatic carbocycles. The maximum Gasteiger partial charge on any atom is 0.250 e. The van der Waals surface area contributed by atoms with Gasteiger partial charge in [0.1, 0.15) is 6.61 Å². The second-order valence-corrected chi connectivity index (χ2v) is 5.41. The lowest BCUT2D eigenvalue weighted by molar-refractivity contribution is -0.121. The van der Waals surface area contributed by atoms with Gasteiger partial charge in [-0.3, -0.25) is 4.79 Å². The third-order valence-corrected chi connectivity index (χ3v) is 3.12. The number of hydrogen-bond donors (Lipinski definition) is 2. The maximum atomic E-state index is 11.7. The highest BCUT2D eigenvalue weighted by atomic mass is 16.5. The van der Waals surface area contributed by atoms with E-state index in [1.54, 1.807) is 13.2 Å². The maximum absolute atomic E-state index is 11.7. The molecule has 0 unspecified atom stereocenters. The summed E-state index contributed by atoms with van der Waals surface area (Å²) in [6.07, 6.45) is 0.726. The topological polar surface area (TPSA) is 73.6 Å². The van der Waals surface area contributed by atoms with Crippen LogP contribution in [0.25, 0.3) is 0 Å². The first kappa shape index (κ1) is 16.5. The summed E-state index contributed by atoms with van der Waals surface area (Å²) in [4.78, 5) is 11.7. The van der Waals surface area contributed by atoms with E-state index in [0.29, 0.717) is 18.0 Å². The van der Waals surface area contributed by atoms with Crippen LogP contribution in [0.2, 0.25) is 0 Å². The molecule has 1 aromatic rings. The number of carbonyl (C=O) groups is 1. The van der Waals surface area contributed by atoms with Crippen molar-refractivity contribution in [2.24, 2.45) is 0 Å². The van der Waals surface area contributed by atoms with Gasteiger partial charge in [-0.15, -0.1) is 0 Å². The fourth-order valence-electron chi connectivity index (χ4n) is 1.57. The molecule has 0 aromatic heterocycles. The van der Waals surface area contributed by atoms with Crippen molar-refractivity contribution in [3.05, 3.63) is 23.8 Å². The van der Waals surface area contributed by atoms with Crippen LogP contribution in [0.4, 0.5) is 11.4 Å². The van der Waals surface area contributed by atoms with Crippen molar-refractivity contribution in [2.75, 3.05) is 31.4 Å². The van der Waals surface area contributed by atoms with E-state index >= 15 is 0 Å². The minimum atomic E-state index is -0.238. The summed E-state index contributed by atoms with van der Waals surface area (Å²) in [6, 6.07) is 5.50. The Morgan fingerprint density at radius 1 is 1.40 bits per heavy atom. The van der Waals surface area contributed by atoms with Crippen molar-refractivity contribution in [3.63, 3.8) is 0 Å². The van der Waals surface area contributed by atoms with Gasteiger partial charge in [-0.25, -0.2) is 0 Å². The molecule has 0 spiro atoms. The van der Waals surface area contributed by atoms with Gasteiger partial charge in [0, 0.05) is 13.7 Å². The van der Waals surface area contributed by atoms with Crippen LogP contribution >= 0.6 is 0 Å². The molecule has 20 heavy (non-hydrogen) atoms. The largest absolute Gasteiger partial charge is 0.397 e. The zero-order valence-corrected chi connectivity index (χ0v) is 12.7. The molecule has 0 fully saturated rings. The molecular weight excluding hydrogens is 256 g/mol. The Labute approximate surface area is 120 Å². The van der Waals surface area contributed by atoms with Crippen molar-refractivity contribution in [2.45, 2.75) is 32.8 Å². The Morgan fingerprint density at radius 2 is 2.10 bits per heavy atom. The molecule has 0 saturated heterocycles. The molecule has 3 N–H and O–H groups in total. The van der Waals surface area contributed by atoms with E-state index in [-0.39, 0.29) is 18.1 Å². The number of amides is 1. The molecule has 0 saturated carbocycles. The van der Waals surface area contributed by atoms with E-state index < -0.39 is 0 Å². The van der Waals surface area contributed by atoms with Crippen LogP contribution in [-0.4, -0.2) is 31.8 Å². The lowest BCUT2D eigenvalue weighted by Gasteiger charge is -2.22. The molecule has 5 nitrogen and oxygen atoms in total. The number of nitrogens with one attached hydrogen (secondary N) is 1. The first-order valence-corrected chi connectivity index (χ1v) is 6.63. The van der Waals surface area contributed by atoms with Gasteiger partial charge in [-0.05, 0) is 44.9 Å². The average Bonchev–Trinajstić information content (AvgIpc) is 2.38. The number of aryl methyl sites for hydroxylation is 1. The van der Waals surface area contributed by atoms with Gasteiger partial charge in [-0.1, -0.05) is 6.07 Å². The number of methoxy groups -OCH3 is 1. The number of benzene rings is 1. The van der Waals surface area contributed by atoms with Gasteiger partial charge in [0.15, 0.2) is 0 Å². The average molecular weight is 280 g/mol. The summed E-state index contributed by atoms with van der Waals surface area (Å²) in [7, 11) is 1.66. The summed E-state index contributed by atoms with van der Waals surface area (Å²) in [6.45, 7) is 6.38.